The summed E-state index contributed by atoms with van der Waals surface area (Å²) in [5, 5.41) is 3.73. The molecule has 0 aliphatic carbocycles. The van der Waals surface area contributed by atoms with Crippen molar-refractivity contribution in [3.05, 3.63) is 62.2 Å². The fourth-order valence-corrected chi connectivity index (χ4v) is 2.28. The third kappa shape index (κ3) is 4.56. The molecule has 1 aromatic carbocycles. The lowest BCUT2D eigenvalue weighted by atomic mass is 10.2. The maximum Gasteiger partial charge on any atom is 0.249 e. The van der Waals surface area contributed by atoms with Crippen LogP contribution in [0, 0.1) is 6.92 Å². The van der Waals surface area contributed by atoms with Crippen LogP contribution in [0.15, 0.2) is 40.9 Å². The average molecular weight is 386 g/mol. The van der Waals surface area contributed by atoms with Crippen molar-refractivity contribution in [3.8, 4) is 0 Å². The molecular weight excluding hydrogens is 375 g/mol. The van der Waals surface area contributed by atoms with Crippen molar-refractivity contribution in [2.45, 2.75) is 6.92 Å². The number of carbonyl (C=O) groups excluding carboxylic acids is 1. The zero-order chi connectivity index (χ0) is 15.4. The highest BCUT2D eigenvalue weighted by molar-refractivity contribution is 9.10. The lowest BCUT2D eigenvalue weighted by Gasteiger charge is -2.04. The van der Waals surface area contributed by atoms with Gasteiger partial charge in [-0.25, -0.2) is 4.98 Å². The molecule has 1 aromatic heterocycles. The van der Waals surface area contributed by atoms with E-state index >= 15 is 0 Å². The number of hydrogen-bond acceptors (Lipinski definition) is 2. The Hall–Kier alpha value is -1.36. The summed E-state index contributed by atoms with van der Waals surface area (Å²) in [7, 11) is 0. The van der Waals surface area contributed by atoms with E-state index in [0.29, 0.717) is 15.9 Å². The number of nitrogens with zero attached hydrogens (tertiary/aromatic N) is 1. The van der Waals surface area contributed by atoms with Crippen LogP contribution in [0.2, 0.25) is 10.0 Å². The van der Waals surface area contributed by atoms with Gasteiger partial charge in [0.2, 0.25) is 5.91 Å². The predicted molar refractivity (Wildman–Crippen MR) is 90.8 cm³/mol. The molecule has 0 bridgehead atoms. The number of carbonyl (C=O) groups is 1. The van der Waals surface area contributed by atoms with Gasteiger partial charge in [-0.2, -0.15) is 0 Å². The molecule has 3 nitrogen and oxygen atoms in total. The first-order valence-electron chi connectivity index (χ1n) is 6.03. The highest BCUT2D eigenvalue weighted by atomic mass is 79.9. The van der Waals surface area contributed by atoms with Gasteiger partial charge in [0.05, 0.1) is 5.69 Å². The summed E-state index contributed by atoms with van der Waals surface area (Å²) in [6.45, 7) is 1.85. The van der Waals surface area contributed by atoms with Gasteiger partial charge < -0.3 is 5.32 Å². The quantitative estimate of drug-likeness (QED) is 0.745. The normalized spacial score (nSPS) is 10.9. The van der Waals surface area contributed by atoms with Gasteiger partial charge in [0, 0.05) is 20.6 Å². The van der Waals surface area contributed by atoms with Gasteiger partial charge in [0.1, 0.15) is 5.82 Å². The molecule has 0 spiro atoms. The van der Waals surface area contributed by atoms with E-state index in [4.69, 9.17) is 23.2 Å². The predicted octanol–water partition coefficient (Wildman–Crippen LogP) is 5.11. The summed E-state index contributed by atoms with van der Waals surface area (Å²) in [6.07, 6.45) is 3.02. The Labute approximate surface area is 141 Å². The topological polar surface area (TPSA) is 42.0 Å². The Balaban J connectivity index is 2.07. The Morgan fingerprint density at radius 3 is 2.71 bits per heavy atom. The molecule has 6 heteroatoms. The van der Waals surface area contributed by atoms with Crippen LogP contribution in [-0.2, 0) is 4.79 Å². The van der Waals surface area contributed by atoms with Crippen molar-refractivity contribution in [2.24, 2.45) is 0 Å². The second kappa shape index (κ2) is 7.07. The Bertz CT molecular complexity index is 717. The number of aryl methyl sites for hydroxylation is 1. The third-order valence-corrected chi connectivity index (χ3v) is 4.05. The monoisotopic (exact) mass is 384 g/mol. The fourth-order valence-electron chi connectivity index (χ4n) is 1.58. The molecule has 1 heterocycles. The van der Waals surface area contributed by atoms with Gasteiger partial charge in [-0.15, -0.1) is 0 Å². The molecule has 0 aliphatic heterocycles. The van der Waals surface area contributed by atoms with Crippen molar-refractivity contribution >= 4 is 56.9 Å². The van der Waals surface area contributed by atoms with E-state index in [2.05, 4.69) is 26.2 Å². The Morgan fingerprint density at radius 2 is 2.05 bits per heavy atom. The number of pyridine rings is 1. The van der Waals surface area contributed by atoms with E-state index in [1.807, 2.05) is 13.0 Å². The van der Waals surface area contributed by atoms with E-state index in [1.54, 1.807) is 30.3 Å². The minimum atomic E-state index is -0.282. The molecule has 0 fully saturated rings. The van der Waals surface area contributed by atoms with Crippen molar-refractivity contribution in [3.63, 3.8) is 0 Å². The Kier molecular flexibility index (Phi) is 5.39. The van der Waals surface area contributed by atoms with Crippen molar-refractivity contribution < 1.29 is 4.79 Å². The van der Waals surface area contributed by atoms with Gasteiger partial charge in [0.25, 0.3) is 0 Å². The maximum atomic E-state index is 11.8. The maximum absolute atomic E-state index is 11.8. The van der Waals surface area contributed by atoms with Crippen LogP contribution >= 0.6 is 39.1 Å². The van der Waals surface area contributed by atoms with Crippen LogP contribution < -0.4 is 5.32 Å². The molecule has 0 aliphatic rings. The lowest BCUT2D eigenvalue weighted by molar-refractivity contribution is -0.111. The number of benzene rings is 1. The minimum absolute atomic E-state index is 0.282. The molecule has 0 atom stereocenters. The van der Waals surface area contributed by atoms with Gasteiger partial charge in [-0.05, 0) is 58.8 Å². The van der Waals surface area contributed by atoms with Crippen molar-refractivity contribution in [1.82, 2.24) is 4.98 Å². The number of rotatable bonds is 3. The molecule has 0 saturated heterocycles. The van der Waals surface area contributed by atoms with E-state index in [0.717, 1.165) is 15.7 Å². The van der Waals surface area contributed by atoms with E-state index in [9.17, 15) is 4.79 Å². The van der Waals surface area contributed by atoms with Crippen LogP contribution in [0.3, 0.4) is 0 Å². The standard InChI is InChI=1S/C15H11BrCl2N2O/c1-9-12(16)5-6-14(19-9)20-15(21)7-3-10-2-4-11(17)8-13(10)18/h2-8H,1H3,(H,19,20,21). The molecule has 0 radical (unpaired) electrons. The SMILES string of the molecule is Cc1nc(NC(=O)C=Cc2ccc(Cl)cc2Cl)ccc1Br. The van der Waals surface area contributed by atoms with Crippen LogP contribution in [-0.4, -0.2) is 10.9 Å². The van der Waals surface area contributed by atoms with E-state index in [1.165, 1.54) is 6.08 Å². The number of halogens is 3. The number of anilines is 1. The summed E-state index contributed by atoms with van der Waals surface area (Å²) in [5.74, 6) is 0.211. The number of nitrogens with one attached hydrogen (secondary N) is 1. The molecule has 1 amide bonds. The van der Waals surface area contributed by atoms with Crippen LogP contribution in [0.25, 0.3) is 6.08 Å². The molecule has 21 heavy (non-hydrogen) atoms. The zero-order valence-electron chi connectivity index (χ0n) is 11.0. The smallest absolute Gasteiger partial charge is 0.249 e. The van der Waals surface area contributed by atoms with E-state index in [-0.39, 0.29) is 5.91 Å². The molecule has 2 aromatic rings. The summed E-state index contributed by atoms with van der Waals surface area (Å²) in [6, 6.07) is 8.64. The average Bonchev–Trinajstić information content (AvgIpc) is 2.42. The summed E-state index contributed by atoms with van der Waals surface area (Å²) < 4.78 is 0.893. The minimum Gasteiger partial charge on any atom is -0.307 e. The third-order valence-electron chi connectivity index (χ3n) is 2.65. The van der Waals surface area contributed by atoms with Crippen LogP contribution in [0.4, 0.5) is 5.82 Å². The first-order valence-corrected chi connectivity index (χ1v) is 7.58. The summed E-state index contributed by atoms with van der Waals surface area (Å²) in [5.41, 5.74) is 1.52. The molecular formula is C15H11BrCl2N2O. The molecule has 1 N–H and O–H groups in total. The van der Waals surface area contributed by atoms with E-state index < -0.39 is 0 Å². The van der Waals surface area contributed by atoms with Gasteiger partial charge >= 0.3 is 0 Å². The summed E-state index contributed by atoms with van der Waals surface area (Å²) in [4.78, 5) is 16.1. The zero-order valence-corrected chi connectivity index (χ0v) is 14.1. The number of aromatic nitrogens is 1. The van der Waals surface area contributed by atoms with Crippen molar-refractivity contribution in [2.75, 3.05) is 5.32 Å². The number of hydrogen-bond donors (Lipinski definition) is 1. The second-order valence-corrected chi connectivity index (χ2v) is 5.95. The largest absolute Gasteiger partial charge is 0.307 e. The van der Waals surface area contributed by atoms with Crippen molar-refractivity contribution in [1.29, 1.82) is 0 Å². The van der Waals surface area contributed by atoms with Gasteiger partial charge in [-0.3, -0.25) is 4.79 Å². The highest BCUT2D eigenvalue weighted by Gasteiger charge is 2.03. The molecule has 0 unspecified atom stereocenters. The fraction of sp³-hybridized carbons (Fsp3) is 0.0667. The second-order valence-electron chi connectivity index (χ2n) is 4.25. The molecule has 2 rings (SSSR count). The van der Waals surface area contributed by atoms with Gasteiger partial charge in [-0.1, -0.05) is 29.3 Å². The lowest BCUT2D eigenvalue weighted by Crippen LogP contribution is -2.09. The van der Waals surface area contributed by atoms with Gasteiger partial charge in [0.15, 0.2) is 0 Å². The number of amides is 1. The first-order chi connectivity index (χ1) is 9.95. The van der Waals surface area contributed by atoms with Crippen LogP contribution in [0.5, 0.6) is 0 Å². The first kappa shape index (κ1) is 16.0. The highest BCUT2D eigenvalue weighted by Crippen LogP contribution is 2.22. The van der Waals surface area contributed by atoms with Crippen LogP contribution in [0.1, 0.15) is 11.3 Å². The molecule has 108 valence electrons. The molecule has 0 saturated carbocycles. The summed E-state index contributed by atoms with van der Waals surface area (Å²) >= 11 is 15.2. The Morgan fingerprint density at radius 1 is 1.29 bits per heavy atom.